The van der Waals surface area contributed by atoms with Crippen LogP contribution in [-0.4, -0.2) is 52.4 Å². The molecule has 5 rings (SSSR count). The number of fused-ring (bicyclic) bond motifs is 2. The topological polar surface area (TPSA) is 68.7 Å². The SMILES string of the molecule is O[C@H](COc1cccc2[nH]ccc12)CN1CCC(O)(c2ccc3ccccc3c2)CC1. The third-order valence-electron chi connectivity index (χ3n) is 6.43. The molecule has 0 unspecified atom stereocenters. The molecule has 0 radical (unpaired) electrons. The molecule has 4 aromatic rings. The average Bonchev–Trinajstić information content (AvgIpc) is 3.28. The number of rotatable bonds is 6. The molecular formula is C26H28N2O3. The van der Waals surface area contributed by atoms with E-state index >= 15 is 0 Å². The van der Waals surface area contributed by atoms with Gasteiger partial charge in [-0.15, -0.1) is 0 Å². The fourth-order valence-corrected chi connectivity index (χ4v) is 4.59. The molecule has 1 aromatic heterocycles. The quantitative estimate of drug-likeness (QED) is 0.444. The fourth-order valence-electron chi connectivity index (χ4n) is 4.59. The summed E-state index contributed by atoms with van der Waals surface area (Å²) in [6.45, 7) is 2.27. The number of nitrogens with one attached hydrogen (secondary N) is 1. The number of piperidine rings is 1. The molecule has 1 atom stereocenters. The number of aromatic amines is 1. The summed E-state index contributed by atoms with van der Waals surface area (Å²) in [5.74, 6) is 0.780. The van der Waals surface area contributed by atoms with Crippen LogP contribution in [0.25, 0.3) is 21.7 Å². The molecule has 31 heavy (non-hydrogen) atoms. The molecular weight excluding hydrogens is 388 g/mol. The highest BCUT2D eigenvalue weighted by Crippen LogP contribution is 2.34. The van der Waals surface area contributed by atoms with Crippen molar-refractivity contribution in [3.63, 3.8) is 0 Å². The maximum absolute atomic E-state index is 11.3. The van der Waals surface area contributed by atoms with Crippen molar-refractivity contribution < 1.29 is 14.9 Å². The highest BCUT2D eigenvalue weighted by Gasteiger charge is 2.34. The highest BCUT2D eigenvalue weighted by molar-refractivity contribution is 5.85. The molecule has 160 valence electrons. The number of H-pyrrole nitrogens is 1. The second-order valence-electron chi connectivity index (χ2n) is 8.55. The number of aromatic nitrogens is 1. The van der Waals surface area contributed by atoms with Crippen LogP contribution < -0.4 is 4.74 Å². The van der Waals surface area contributed by atoms with Crippen molar-refractivity contribution in [2.45, 2.75) is 24.5 Å². The fraction of sp³-hybridized carbons (Fsp3) is 0.308. The second-order valence-corrected chi connectivity index (χ2v) is 8.55. The van der Waals surface area contributed by atoms with Gasteiger partial charge in [0.2, 0.25) is 0 Å². The van der Waals surface area contributed by atoms with Crippen molar-refractivity contribution in [2.24, 2.45) is 0 Å². The lowest BCUT2D eigenvalue weighted by Crippen LogP contribution is -2.46. The van der Waals surface area contributed by atoms with Gasteiger partial charge in [0.25, 0.3) is 0 Å². The predicted octanol–water partition coefficient (Wildman–Crippen LogP) is 4.04. The Labute approximate surface area is 181 Å². The predicted molar refractivity (Wildman–Crippen MR) is 123 cm³/mol. The lowest BCUT2D eigenvalue weighted by atomic mass is 9.83. The molecule has 0 spiro atoms. The lowest BCUT2D eigenvalue weighted by molar-refractivity contribution is -0.0371. The zero-order chi connectivity index (χ0) is 21.3. The smallest absolute Gasteiger partial charge is 0.128 e. The second kappa shape index (κ2) is 8.35. The van der Waals surface area contributed by atoms with Crippen LogP contribution in [0.3, 0.4) is 0 Å². The van der Waals surface area contributed by atoms with Crippen molar-refractivity contribution in [2.75, 3.05) is 26.2 Å². The van der Waals surface area contributed by atoms with Crippen LogP contribution in [0.15, 0.2) is 72.9 Å². The summed E-state index contributed by atoms with van der Waals surface area (Å²) in [5, 5.41) is 25.1. The molecule has 5 heteroatoms. The minimum atomic E-state index is -0.814. The Balaban J connectivity index is 1.17. The normalized spacial score (nSPS) is 17.7. The number of likely N-dealkylation sites (tertiary alicyclic amines) is 1. The van der Waals surface area contributed by atoms with E-state index in [1.165, 1.54) is 5.39 Å². The number of hydrogen-bond acceptors (Lipinski definition) is 4. The molecule has 1 fully saturated rings. The van der Waals surface area contributed by atoms with E-state index in [1.54, 1.807) is 0 Å². The van der Waals surface area contributed by atoms with E-state index in [4.69, 9.17) is 4.74 Å². The van der Waals surface area contributed by atoms with Gasteiger partial charge in [-0.25, -0.2) is 0 Å². The first kappa shape index (κ1) is 20.1. The van der Waals surface area contributed by atoms with E-state index in [1.807, 2.05) is 48.7 Å². The number of ether oxygens (including phenoxy) is 1. The van der Waals surface area contributed by atoms with Gasteiger partial charge in [-0.1, -0.05) is 42.5 Å². The Morgan fingerprint density at radius 3 is 2.61 bits per heavy atom. The summed E-state index contributed by atoms with van der Waals surface area (Å²) in [4.78, 5) is 5.38. The van der Waals surface area contributed by atoms with Crippen LogP contribution in [0.4, 0.5) is 0 Å². The zero-order valence-corrected chi connectivity index (χ0v) is 17.5. The van der Waals surface area contributed by atoms with Crippen molar-refractivity contribution in [1.29, 1.82) is 0 Å². The van der Waals surface area contributed by atoms with Crippen LogP contribution >= 0.6 is 0 Å². The number of aliphatic hydroxyl groups is 2. The highest BCUT2D eigenvalue weighted by atomic mass is 16.5. The molecule has 0 aliphatic carbocycles. The summed E-state index contributed by atoms with van der Waals surface area (Å²) in [6, 6.07) is 22.3. The van der Waals surface area contributed by atoms with Crippen molar-refractivity contribution in [3.05, 3.63) is 78.5 Å². The van der Waals surface area contributed by atoms with Gasteiger partial charge in [0.1, 0.15) is 18.5 Å². The summed E-state index contributed by atoms with van der Waals surface area (Å²) in [6.07, 6.45) is 2.61. The average molecular weight is 417 g/mol. The van der Waals surface area contributed by atoms with Crippen molar-refractivity contribution >= 4 is 21.7 Å². The third kappa shape index (κ3) is 4.17. The van der Waals surface area contributed by atoms with E-state index in [2.05, 4.69) is 34.1 Å². The number of benzene rings is 3. The van der Waals surface area contributed by atoms with E-state index < -0.39 is 11.7 Å². The molecule has 3 N–H and O–H groups in total. The molecule has 1 aliphatic heterocycles. The summed E-state index contributed by atoms with van der Waals surface area (Å²) < 4.78 is 5.89. The minimum Gasteiger partial charge on any atom is -0.490 e. The Bertz CT molecular complexity index is 1180. The molecule has 0 bridgehead atoms. The molecule has 5 nitrogen and oxygen atoms in total. The standard InChI is InChI=1S/C26H28N2O3/c29-22(18-31-25-7-3-6-24-23(25)10-13-27-24)17-28-14-11-26(30,12-15-28)21-9-8-19-4-1-2-5-20(19)16-21/h1-10,13,16,22,27,29-30H,11-12,14-15,17-18H2/t22-/m0/s1. The number of nitrogens with zero attached hydrogens (tertiary/aromatic N) is 1. The van der Waals surface area contributed by atoms with Gasteiger partial charge >= 0.3 is 0 Å². The Hall–Kier alpha value is -2.86. The van der Waals surface area contributed by atoms with Crippen LogP contribution in [0.1, 0.15) is 18.4 Å². The van der Waals surface area contributed by atoms with Gasteiger partial charge in [-0.3, -0.25) is 0 Å². The maximum Gasteiger partial charge on any atom is 0.128 e. The monoisotopic (exact) mass is 416 g/mol. The van der Waals surface area contributed by atoms with Gasteiger partial charge in [-0.2, -0.15) is 0 Å². The first-order valence-electron chi connectivity index (χ1n) is 10.9. The number of β-amino-alcohol motifs (C(OH)–C–C–N with tert-alkyl or cyclic N) is 1. The van der Waals surface area contributed by atoms with Gasteiger partial charge in [-0.05, 0) is 53.4 Å². The lowest BCUT2D eigenvalue weighted by Gasteiger charge is -2.39. The molecule has 0 amide bonds. The molecule has 1 aliphatic rings. The van der Waals surface area contributed by atoms with E-state index in [-0.39, 0.29) is 6.61 Å². The van der Waals surface area contributed by atoms with Gasteiger partial charge in [0.15, 0.2) is 0 Å². The van der Waals surface area contributed by atoms with Gasteiger partial charge in [0.05, 0.1) is 5.60 Å². The largest absolute Gasteiger partial charge is 0.490 e. The van der Waals surface area contributed by atoms with E-state index in [0.29, 0.717) is 19.4 Å². The van der Waals surface area contributed by atoms with Crippen LogP contribution in [0.5, 0.6) is 5.75 Å². The molecule has 3 aromatic carbocycles. The summed E-state index contributed by atoms with van der Waals surface area (Å²) in [5.41, 5.74) is 1.19. The van der Waals surface area contributed by atoms with Crippen molar-refractivity contribution in [3.8, 4) is 5.75 Å². The van der Waals surface area contributed by atoms with Crippen LogP contribution in [-0.2, 0) is 5.60 Å². The zero-order valence-electron chi connectivity index (χ0n) is 17.5. The van der Waals surface area contributed by atoms with E-state index in [9.17, 15) is 10.2 Å². The van der Waals surface area contributed by atoms with E-state index in [0.717, 1.165) is 40.7 Å². The Morgan fingerprint density at radius 1 is 0.968 bits per heavy atom. The minimum absolute atomic E-state index is 0.246. The molecule has 2 heterocycles. The first-order chi connectivity index (χ1) is 15.1. The summed E-state index contributed by atoms with van der Waals surface area (Å²) >= 11 is 0. The third-order valence-corrected chi connectivity index (χ3v) is 6.43. The Kier molecular flexibility index (Phi) is 5.40. The van der Waals surface area contributed by atoms with Gasteiger partial charge < -0.3 is 24.8 Å². The van der Waals surface area contributed by atoms with Gasteiger partial charge in [0, 0.05) is 36.7 Å². The number of aliphatic hydroxyl groups excluding tert-OH is 1. The number of hydrogen-bond donors (Lipinski definition) is 3. The summed E-state index contributed by atoms with van der Waals surface area (Å²) in [7, 11) is 0. The van der Waals surface area contributed by atoms with Crippen molar-refractivity contribution in [1.82, 2.24) is 9.88 Å². The first-order valence-corrected chi connectivity index (χ1v) is 10.9. The van der Waals surface area contributed by atoms with Crippen LogP contribution in [0, 0.1) is 0 Å². The molecule has 0 saturated carbocycles. The van der Waals surface area contributed by atoms with Crippen LogP contribution in [0.2, 0.25) is 0 Å². The maximum atomic E-state index is 11.3. The Morgan fingerprint density at radius 2 is 1.77 bits per heavy atom. The molecule has 1 saturated heterocycles.